The number of ether oxygens (including phenoxy) is 1. The van der Waals surface area contributed by atoms with Gasteiger partial charge in [-0.15, -0.1) is 0 Å². The van der Waals surface area contributed by atoms with Crippen molar-refractivity contribution in [2.24, 2.45) is 0 Å². The standard InChI is InChI=1S/C22H23N5O/c1-26(2)19-7-5-4-6-18(19)20-15-25-22-21(23-12-13-27(20)22)24-14-16-8-10-17(28-3)11-9-16/h4-13,15H,14H2,1-3H3,(H,23,24). The highest BCUT2D eigenvalue weighted by molar-refractivity contribution is 5.79. The van der Waals surface area contributed by atoms with Gasteiger partial charge in [-0.1, -0.05) is 30.3 Å². The maximum absolute atomic E-state index is 5.21. The molecule has 2 heterocycles. The van der Waals surface area contributed by atoms with E-state index in [0.29, 0.717) is 6.54 Å². The fraction of sp³-hybridized carbons (Fsp3) is 0.182. The summed E-state index contributed by atoms with van der Waals surface area (Å²) in [7, 11) is 5.76. The van der Waals surface area contributed by atoms with Crippen LogP contribution in [-0.4, -0.2) is 35.6 Å². The van der Waals surface area contributed by atoms with Crippen LogP contribution in [0.1, 0.15) is 5.56 Å². The second kappa shape index (κ2) is 7.60. The summed E-state index contributed by atoms with van der Waals surface area (Å²) in [5.74, 6) is 1.60. The molecule has 0 spiro atoms. The topological polar surface area (TPSA) is 54.7 Å². The van der Waals surface area contributed by atoms with Crippen LogP contribution in [-0.2, 0) is 6.54 Å². The number of nitrogens with zero attached hydrogens (tertiary/aromatic N) is 4. The summed E-state index contributed by atoms with van der Waals surface area (Å²) in [4.78, 5) is 11.2. The van der Waals surface area contributed by atoms with E-state index in [9.17, 15) is 0 Å². The number of anilines is 2. The summed E-state index contributed by atoms with van der Waals surface area (Å²) in [5, 5.41) is 3.40. The van der Waals surface area contributed by atoms with Crippen molar-refractivity contribution in [3.05, 3.63) is 72.7 Å². The van der Waals surface area contributed by atoms with Crippen LogP contribution in [0.15, 0.2) is 67.1 Å². The van der Waals surface area contributed by atoms with Crippen LogP contribution in [0.2, 0.25) is 0 Å². The van der Waals surface area contributed by atoms with Crippen molar-refractivity contribution in [2.45, 2.75) is 6.54 Å². The number of imidazole rings is 1. The molecule has 0 saturated carbocycles. The predicted molar refractivity (Wildman–Crippen MR) is 113 cm³/mol. The molecule has 4 aromatic rings. The molecule has 0 saturated heterocycles. The fourth-order valence-electron chi connectivity index (χ4n) is 3.25. The van der Waals surface area contributed by atoms with E-state index in [1.807, 2.05) is 62.9 Å². The molecule has 2 aromatic carbocycles. The molecule has 142 valence electrons. The van der Waals surface area contributed by atoms with Crippen LogP contribution >= 0.6 is 0 Å². The van der Waals surface area contributed by atoms with Gasteiger partial charge >= 0.3 is 0 Å². The van der Waals surface area contributed by atoms with E-state index in [4.69, 9.17) is 4.74 Å². The van der Waals surface area contributed by atoms with Crippen molar-refractivity contribution in [1.82, 2.24) is 14.4 Å². The van der Waals surface area contributed by atoms with Gasteiger partial charge in [-0.2, -0.15) is 0 Å². The number of aromatic nitrogens is 3. The fourth-order valence-corrected chi connectivity index (χ4v) is 3.25. The normalized spacial score (nSPS) is 10.8. The number of nitrogens with one attached hydrogen (secondary N) is 1. The second-order valence-electron chi connectivity index (χ2n) is 6.73. The highest BCUT2D eigenvalue weighted by Crippen LogP contribution is 2.31. The van der Waals surface area contributed by atoms with Gasteiger partial charge in [0, 0.05) is 44.3 Å². The Hall–Kier alpha value is -3.54. The molecule has 6 heteroatoms. The van der Waals surface area contributed by atoms with Gasteiger partial charge in [-0.25, -0.2) is 9.97 Å². The van der Waals surface area contributed by atoms with Gasteiger partial charge in [-0.05, 0) is 23.8 Å². The SMILES string of the molecule is COc1ccc(CNc2nccn3c(-c4ccccc4N(C)C)cnc23)cc1. The van der Waals surface area contributed by atoms with Gasteiger partial charge in [0.15, 0.2) is 11.5 Å². The largest absolute Gasteiger partial charge is 0.497 e. The summed E-state index contributed by atoms with van der Waals surface area (Å²) >= 11 is 0. The van der Waals surface area contributed by atoms with Crippen molar-refractivity contribution in [3.63, 3.8) is 0 Å². The number of benzene rings is 2. The van der Waals surface area contributed by atoms with Crippen LogP contribution in [0.3, 0.4) is 0 Å². The van der Waals surface area contributed by atoms with Crippen molar-refractivity contribution < 1.29 is 4.74 Å². The van der Waals surface area contributed by atoms with Gasteiger partial charge in [0.05, 0.1) is 19.0 Å². The summed E-state index contributed by atoms with van der Waals surface area (Å²) in [6, 6.07) is 16.3. The molecule has 4 rings (SSSR count). The predicted octanol–water partition coefficient (Wildman–Crippen LogP) is 4.08. The Bertz CT molecular complexity index is 1090. The zero-order chi connectivity index (χ0) is 19.5. The average Bonchev–Trinajstić information content (AvgIpc) is 3.17. The van der Waals surface area contributed by atoms with Crippen molar-refractivity contribution in [2.75, 3.05) is 31.4 Å². The first-order chi connectivity index (χ1) is 13.7. The highest BCUT2D eigenvalue weighted by Gasteiger charge is 2.13. The van der Waals surface area contributed by atoms with E-state index >= 15 is 0 Å². The lowest BCUT2D eigenvalue weighted by atomic mass is 10.1. The number of hydrogen-bond acceptors (Lipinski definition) is 5. The minimum Gasteiger partial charge on any atom is -0.497 e. The third-order valence-corrected chi connectivity index (χ3v) is 4.71. The van der Waals surface area contributed by atoms with Gasteiger partial charge in [0.2, 0.25) is 0 Å². The molecule has 1 N–H and O–H groups in total. The molecule has 28 heavy (non-hydrogen) atoms. The number of rotatable bonds is 6. The molecule has 0 unspecified atom stereocenters. The number of hydrogen-bond donors (Lipinski definition) is 1. The van der Waals surface area contributed by atoms with Crippen molar-refractivity contribution in [1.29, 1.82) is 0 Å². The minimum absolute atomic E-state index is 0.660. The molecule has 0 aliphatic carbocycles. The Morgan fingerprint density at radius 2 is 1.82 bits per heavy atom. The number of fused-ring (bicyclic) bond motifs is 1. The Morgan fingerprint density at radius 3 is 2.57 bits per heavy atom. The van der Waals surface area contributed by atoms with E-state index in [1.54, 1.807) is 13.3 Å². The lowest BCUT2D eigenvalue weighted by Gasteiger charge is -2.17. The Morgan fingerprint density at radius 1 is 1.04 bits per heavy atom. The van der Waals surface area contributed by atoms with E-state index < -0.39 is 0 Å². The first kappa shape index (κ1) is 17.9. The Balaban J connectivity index is 1.65. The highest BCUT2D eigenvalue weighted by atomic mass is 16.5. The minimum atomic E-state index is 0.660. The average molecular weight is 373 g/mol. The molecule has 0 radical (unpaired) electrons. The first-order valence-electron chi connectivity index (χ1n) is 9.13. The smallest absolute Gasteiger partial charge is 0.180 e. The maximum atomic E-state index is 5.21. The summed E-state index contributed by atoms with van der Waals surface area (Å²) < 4.78 is 7.29. The zero-order valence-corrected chi connectivity index (χ0v) is 16.3. The summed E-state index contributed by atoms with van der Waals surface area (Å²) in [5.41, 5.74) is 5.27. The Labute approximate surface area is 164 Å². The third-order valence-electron chi connectivity index (χ3n) is 4.71. The van der Waals surface area contributed by atoms with Crippen LogP contribution < -0.4 is 15.0 Å². The molecule has 6 nitrogen and oxygen atoms in total. The van der Waals surface area contributed by atoms with Crippen LogP contribution in [0.4, 0.5) is 11.5 Å². The molecule has 2 aromatic heterocycles. The first-order valence-corrected chi connectivity index (χ1v) is 9.13. The van der Waals surface area contributed by atoms with Crippen LogP contribution in [0.5, 0.6) is 5.75 Å². The van der Waals surface area contributed by atoms with E-state index in [1.165, 1.54) is 0 Å². The quantitative estimate of drug-likeness (QED) is 0.552. The van der Waals surface area contributed by atoms with Crippen molar-refractivity contribution in [3.8, 4) is 17.0 Å². The molecule has 0 aliphatic rings. The summed E-state index contributed by atoms with van der Waals surface area (Å²) in [6.45, 7) is 0.660. The lowest BCUT2D eigenvalue weighted by molar-refractivity contribution is 0.414. The van der Waals surface area contributed by atoms with Crippen LogP contribution in [0.25, 0.3) is 16.9 Å². The molecule has 0 fully saturated rings. The van der Waals surface area contributed by atoms with Gasteiger partial charge in [0.1, 0.15) is 5.75 Å². The van der Waals surface area contributed by atoms with Gasteiger partial charge < -0.3 is 15.0 Å². The van der Waals surface area contributed by atoms with E-state index in [-0.39, 0.29) is 0 Å². The third kappa shape index (κ3) is 3.36. The molecule has 0 atom stereocenters. The Kier molecular flexibility index (Phi) is 4.85. The van der Waals surface area contributed by atoms with E-state index in [0.717, 1.165) is 39.7 Å². The maximum Gasteiger partial charge on any atom is 0.180 e. The second-order valence-corrected chi connectivity index (χ2v) is 6.73. The molecule has 0 bridgehead atoms. The zero-order valence-electron chi connectivity index (χ0n) is 16.3. The number of methoxy groups -OCH3 is 1. The van der Waals surface area contributed by atoms with Gasteiger partial charge in [0.25, 0.3) is 0 Å². The lowest BCUT2D eigenvalue weighted by Crippen LogP contribution is -2.10. The molecule has 0 amide bonds. The molecular formula is C22H23N5O. The van der Waals surface area contributed by atoms with Crippen LogP contribution in [0, 0.1) is 0 Å². The molecular weight excluding hydrogens is 350 g/mol. The van der Waals surface area contributed by atoms with Crippen molar-refractivity contribution >= 4 is 17.2 Å². The van der Waals surface area contributed by atoms with E-state index in [2.05, 4.69) is 36.7 Å². The number of para-hydroxylation sites is 1. The molecule has 0 aliphatic heterocycles. The van der Waals surface area contributed by atoms with Gasteiger partial charge in [-0.3, -0.25) is 4.40 Å². The monoisotopic (exact) mass is 373 g/mol. The summed E-state index contributed by atoms with van der Waals surface area (Å²) in [6.07, 6.45) is 5.65.